The molecular weight excluding hydrogens is 916 g/mol. The molecule has 0 spiro atoms. The molecule has 18 heteroatoms. The topological polar surface area (TPSA) is 191 Å². The number of ether oxygens (including phenoxy) is 2. The predicted octanol–water partition coefficient (Wildman–Crippen LogP) is 8.05. The number of aromatic nitrogens is 4. The first kappa shape index (κ1) is 48.8. The third-order valence-electron chi connectivity index (χ3n) is 13.8. The van der Waals surface area contributed by atoms with Crippen molar-refractivity contribution in [3.8, 4) is 34.4 Å². The Hall–Kier alpha value is -6.61. The molecule has 69 heavy (non-hydrogen) atoms. The van der Waals surface area contributed by atoms with E-state index in [-0.39, 0.29) is 29.4 Å². The Balaban J connectivity index is 0.845. The molecule has 1 saturated carbocycles. The fourth-order valence-electron chi connectivity index (χ4n) is 10.1. The fourth-order valence-corrected chi connectivity index (χ4v) is 10.9. The van der Waals surface area contributed by atoms with Crippen LogP contribution in [0.5, 0.6) is 17.2 Å². The van der Waals surface area contributed by atoms with Gasteiger partial charge in [0.25, 0.3) is 11.5 Å². The highest BCUT2D eigenvalue weighted by atomic mass is 35.5. The lowest BCUT2D eigenvalue weighted by Gasteiger charge is -2.63. The smallest absolute Gasteiger partial charge is 0.274 e. The van der Waals surface area contributed by atoms with Crippen LogP contribution in [-0.4, -0.2) is 103 Å². The number of likely N-dealkylation sites (N-methyl/N-ethyl adjacent to an activating group) is 2. The van der Waals surface area contributed by atoms with Gasteiger partial charge in [-0.2, -0.15) is 5.26 Å². The summed E-state index contributed by atoms with van der Waals surface area (Å²) in [5.74, 6) is 1.96. The standard InChI is InChI=1S/C51H59ClN10O6S/c1-9-69(65,66)58-34-14-16-43(40(25-34)41-31-61(8)46(64)44-39(41)17-20-54-44)67-37-12-10-11-36(26-37)60(7)24-23-59(6)35-18-21-62(22-19-35)49-55-29-33(30-56-49)45(63)57-47-50(2,3)48(51(47,4)5)68-38-15-13-32(28-53)42(52)27-38/h10-17,20,25-27,29-31,35,47-48,54,58H,9,18-19,21-24H2,1-8H3,(H,57,63). The molecule has 3 aromatic heterocycles. The van der Waals surface area contributed by atoms with Crippen LogP contribution in [0, 0.1) is 22.2 Å². The van der Waals surface area contributed by atoms with Gasteiger partial charge in [-0.1, -0.05) is 45.4 Å². The van der Waals surface area contributed by atoms with E-state index in [1.54, 1.807) is 75.2 Å². The number of H-pyrrole nitrogens is 1. The number of amides is 1. The molecule has 0 atom stereocenters. The molecule has 4 heterocycles. The molecule has 1 aliphatic heterocycles. The highest BCUT2D eigenvalue weighted by molar-refractivity contribution is 7.92. The van der Waals surface area contributed by atoms with Gasteiger partial charge in [0.05, 0.1) is 21.9 Å². The molecule has 0 radical (unpaired) electrons. The van der Waals surface area contributed by atoms with Gasteiger partial charge in [0.2, 0.25) is 16.0 Å². The second-order valence-corrected chi connectivity index (χ2v) is 21.7. The lowest BCUT2D eigenvalue weighted by molar-refractivity contribution is -0.164. The van der Waals surface area contributed by atoms with Crippen molar-refractivity contribution in [2.75, 3.05) is 60.5 Å². The number of fused-ring (bicyclic) bond motifs is 1. The summed E-state index contributed by atoms with van der Waals surface area (Å²) < 4.78 is 42.1. The van der Waals surface area contributed by atoms with Gasteiger partial charge in [0.1, 0.15) is 34.9 Å². The van der Waals surface area contributed by atoms with Crippen molar-refractivity contribution < 1.29 is 22.7 Å². The van der Waals surface area contributed by atoms with Gasteiger partial charge in [-0.05, 0) is 75.3 Å². The highest BCUT2D eigenvalue weighted by Gasteiger charge is 2.64. The van der Waals surface area contributed by atoms with E-state index >= 15 is 0 Å². The number of piperidine rings is 1. The summed E-state index contributed by atoms with van der Waals surface area (Å²) in [6, 6.07) is 22.1. The lowest BCUT2D eigenvalue weighted by Crippen LogP contribution is -2.74. The van der Waals surface area contributed by atoms with Gasteiger partial charge in [-0.25, -0.2) is 18.4 Å². The number of pyridine rings is 1. The Bertz CT molecular complexity index is 3070. The Morgan fingerprint density at radius 3 is 2.38 bits per heavy atom. The second-order valence-electron chi connectivity index (χ2n) is 19.2. The number of carbonyl (C=O) groups excluding carboxylic acids is 1. The van der Waals surface area contributed by atoms with Crippen LogP contribution in [0.3, 0.4) is 0 Å². The van der Waals surface area contributed by atoms with Crippen molar-refractivity contribution in [1.29, 1.82) is 5.26 Å². The number of hydrogen-bond acceptors (Lipinski definition) is 12. The normalized spacial score (nSPS) is 17.8. The molecule has 2 fully saturated rings. The maximum atomic E-state index is 13.5. The Morgan fingerprint density at radius 2 is 1.70 bits per heavy atom. The molecule has 8 rings (SSSR count). The molecule has 2 aliphatic rings. The predicted molar refractivity (Wildman–Crippen MR) is 271 cm³/mol. The van der Waals surface area contributed by atoms with Crippen molar-refractivity contribution in [3.05, 3.63) is 118 Å². The first-order valence-corrected chi connectivity index (χ1v) is 25.1. The number of carbonyl (C=O) groups is 1. The molecule has 3 aromatic carbocycles. The van der Waals surface area contributed by atoms with Gasteiger partial charge in [0, 0.05) is 128 Å². The van der Waals surface area contributed by atoms with Crippen molar-refractivity contribution in [2.24, 2.45) is 17.9 Å². The zero-order valence-corrected chi connectivity index (χ0v) is 41.8. The summed E-state index contributed by atoms with van der Waals surface area (Å²) in [5.41, 5.74) is 2.93. The van der Waals surface area contributed by atoms with Crippen LogP contribution in [-0.2, 0) is 17.1 Å². The average molecular weight is 976 g/mol. The largest absolute Gasteiger partial charge is 0.489 e. The van der Waals surface area contributed by atoms with Gasteiger partial charge in [-0.3, -0.25) is 14.3 Å². The van der Waals surface area contributed by atoms with Gasteiger partial charge >= 0.3 is 0 Å². The minimum atomic E-state index is -3.55. The van der Waals surface area contributed by atoms with Gasteiger partial charge in [-0.15, -0.1) is 0 Å². The lowest BCUT2D eigenvalue weighted by atomic mass is 9.49. The van der Waals surface area contributed by atoms with E-state index in [2.05, 4.69) is 87.6 Å². The number of nitrogens with one attached hydrogen (secondary N) is 3. The molecule has 1 aliphatic carbocycles. The fraction of sp³-hybridized carbons (Fsp3) is 0.392. The number of sulfonamides is 1. The summed E-state index contributed by atoms with van der Waals surface area (Å²) >= 11 is 6.26. The molecule has 1 amide bonds. The van der Waals surface area contributed by atoms with E-state index in [1.807, 2.05) is 30.3 Å². The SMILES string of the molecule is CCS(=O)(=O)Nc1ccc(Oc2cccc(N(C)CCN(C)C3CCN(c4ncc(C(=O)NC5C(C)(C)C(Oc6ccc(C#N)c(Cl)c6)C5(C)C)cn4)CC3)c2)c(-c2cn(C)c(=O)c3[nH]ccc23)c1. The highest BCUT2D eigenvalue weighted by Crippen LogP contribution is 2.55. The second kappa shape index (κ2) is 19.4. The Kier molecular flexibility index (Phi) is 13.7. The molecule has 6 aromatic rings. The number of benzene rings is 3. The van der Waals surface area contributed by atoms with Crippen LogP contribution in [0.2, 0.25) is 5.02 Å². The van der Waals surface area contributed by atoms with Crippen LogP contribution < -0.4 is 34.9 Å². The molecule has 1 saturated heterocycles. The van der Waals surface area contributed by atoms with Crippen molar-refractivity contribution in [3.63, 3.8) is 0 Å². The van der Waals surface area contributed by atoms with Crippen molar-refractivity contribution >= 4 is 55.8 Å². The summed E-state index contributed by atoms with van der Waals surface area (Å²) in [7, 11) is 2.35. The first-order chi connectivity index (χ1) is 32.8. The van der Waals surface area contributed by atoms with Crippen LogP contribution in [0.15, 0.2) is 96.3 Å². The number of hydrogen-bond donors (Lipinski definition) is 3. The van der Waals surface area contributed by atoms with Crippen molar-refractivity contribution in [2.45, 2.75) is 65.6 Å². The zero-order chi connectivity index (χ0) is 49.4. The summed E-state index contributed by atoms with van der Waals surface area (Å²) in [5, 5.41) is 13.5. The van der Waals surface area contributed by atoms with E-state index in [4.69, 9.17) is 21.1 Å². The number of halogens is 1. The van der Waals surface area contributed by atoms with Gasteiger partial charge in [0.15, 0.2) is 0 Å². The summed E-state index contributed by atoms with van der Waals surface area (Å²) in [6.07, 6.45) is 8.29. The Labute approximate surface area is 408 Å². The number of aromatic amines is 1. The molecule has 0 unspecified atom stereocenters. The van der Waals surface area contributed by atoms with Crippen LogP contribution >= 0.6 is 11.6 Å². The van der Waals surface area contributed by atoms with E-state index in [0.29, 0.717) is 73.1 Å². The molecular formula is C51H59ClN10O6S. The summed E-state index contributed by atoms with van der Waals surface area (Å²) in [4.78, 5) is 45.5. The quantitative estimate of drug-likeness (QED) is 0.0847. The number of aryl methyl sites for hydroxylation is 1. The maximum Gasteiger partial charge on any atom is 0.274 e. The number of nitrogens with zero attached hydrogens (tertiary/aromatic N) is 7. The molecule has 362 valence electrons. The minimum Gasteiger partial charge on any atom is -0.489 e. The van der Waals surface area contributed by atoms with E-state index in [9.17, 15) is 23.3 Å². The van der Waals surface area contributed by atoms with Crippen molar-refractivity contribution in [1.82, 2.24) is 29.7 Å². The van der Waals surface area contributed by atoms with E-state index in [0.717, 1.165) is 44.7 Å². The summed E-state index contributed by atoms with van der Waals surface area (Å²) in [6.45, 7) is 13.0. The zero-order valence-electron chi connectivity index (χ0n) is 40.2. The number of anilines is 3. The number of rotatable bonds is 16. The number of nitriles is 1. The Morgan fingerprint density at radius 1 is 0.971 bits per heavy atom. The third kappa shape index (κ3) is 10.1. The van der Waals surface area contributed by atoms with Crippen LogP contribution in [0.25, 0.3) is 22.0 Å². The first-order valence-electron chi connectivity index (χ1n) is 23.0. The van der Waals surface area contributed by atoms with E-state index in [1.165, 1.54) is 4.57 Å². The maximum absolute atomic E-state index is 13.5. The molecule has 0 bridgehead atoms. The molecule has 3 N–H and O–H groups in total. The third-order valence-corrected chi connectivity index (χ3v) is 15.4. The molecule has 16 nitrogen and oxygen atoms in total. The van der Waals surface area contributed by atoms with Crippen LogP contribution in [0.4, 0.5) is 17.3 Å². The average Bonchev–Trinajstić information content (AvgIpc) is 3.84. The van der Waals surface area contributed by atoms with E-state index < -0.39 is 20.9 Å². The van der Waals surface area contributed by atoms with Gasteiger partial charge < -0.3 is 39.0 Å². The minimum absolute atomic E-state index is 0.0768. The van der Waals surface area contributed by atoms with Crippen LogP contribution in [0.1, 0.15) is 63.4 Å². The monoisotopic (exact) mass is 974 g/mol.